The molecule has 0 spiro atoms. The highest BCUT2D eigenvalue weighted by molar-refractivity contribution is 5.76. The molecule has 2 atom stereocenters. The number of aryl methyl sites for hydroxylation is 2. The standard InChI is InChI=1S/C24H30N2O4/c1-2-30-24(29)21(15-12-18-8-4-3-5-9-18)25-20-14-13-19-10-6-7-11-22(19)26(16-20)17-23(27)28/h3-11,20-21,25H,2,12-17H2,1H3,(H,27,28). The van der Waals surface area contributed by atoms with Crippen molar-refractivity contribution in [3.63, 3.8) is 0 Å². The molecule has 0 aliphatic carbocycles. The molecule has 0 aromatic heterocycles. The van der Waals surface area contributed by atoms with Crippen molar-refractivity contribution in [3.8, 4) is 0 Å². The van der Waals surface area contributed by atoms with Crippen LogP contribution < -0.4 is 10.2 Å². The minimum absolute atomic E-state index is 0.0121. The lowest BCUT2D eigenvalue weighted by atomic mass is 10.0. The van der Waals surface area contributed by atoms with E-state index in [0.717, 1.165) is 30.5 Å². The van der Waals surface area contributed by atoms with Gasteiger partial charge >= 0.3 is 11.9 Å². The van der Waals surface area contributed by atoms with Crippen LogP contribution in [0.4, 0.5) is 5.69 Å². The molecule has 1 aliphatic heterocycles. The van der Waals surface area contributed by atoms with Gasteiger partial charge in [0.05, 0.1) is 6.61 Å². The lowest BCUT2D eigenvalue weighted by molar-refractivity contribution is -0.146. The average molecular weight is 411 g/mol. The molecule has 1 heterocycles. The second kappa shape index (κ2) is 10.8. The number of aliphatic carboxylic acids is 1. The van der Waals surface area contributed by atoms with Crippen LogP contribution in [0.3, 0.4) is 0 Å². The van der Waals surface area contributed by atoms with Crippen molar-refractivity contribution in [2.24, 2.45) is 0 Å². The minimum atomic E-state index is -0.864. The number of fused-ring (bicyclic) bond motifs is 1. The van der Waals surface area contributed by atoms with E-state index in [4.69, 9.17) is 4.74 Å². The van der Waals surface area contributed by atoms with E-state index < -0.39 is 12.0 Å². The van der Waals surface area contributed by atoms with Crippen LogP contribution in [0, 0.1) is 0 Å². The summed E-state index contributed by atoms with van der Waals surface area (Å²) in [6.45, 7) is 2.61. The monoisotopic (exact) mass is 410 g/mol. The minimum Gasteiger partial charge on any atom is -0.480 e. The number of rotatable bonds is 9. The van der Waals surface area contributed by atoms with Crippen LogP contribution in [0.25, 0.3) is 0 Å². The van der Waals surface area contributed by atoms with Crippen molar-refractivity contribution in [3.05, 3.63) is 65.7 Å². The predicted molar refractivity (Wildman–Crippen MR) is 117 cm³/mol. The third-order valence-electron chi connectivity index (χ3n) is 5.43. The third-order valence-corrected chi connectivity index (χ3v) is 5.43. The number of nitrogens with zero attached hydrogens (tertiary/aromatic N) is 1. The highest BCUT2D eigenvalue weighted by Gasteiger charge is 2.28. The van der Waals surface area contributed by atoms with Crippen LogP contribution in [-0.2, 0) is 27.2 Å². The number of carboxylic acids is 1. The molecule has 0 bridgehead atoms. The second-order valence-electron chi connectivity index (χ2n) is 7.63. The maximum absolute atomic E-state index is 12.6. The summed E-state index contributed by atoms with van der Waals surface area (Å²) in [4.78, 5) is 25.9. The van der Waals surface area contributed by atoms with Gasteiger partial charge in [-0.1, -0.05) is 48.5 Å². The number of para-hydroxylation sites is 1. The number of hydrogen-bond acceptors (Lipinski definition) is 5. The number of esters is 1. The van der Waals surface area contributed by atoms with E-state index in [2.05, 4.69) is 17.4 Å². The zero-order chi connectivity index (χ0) is 21.3. The quantitative estimate of drug-likeness (QED) is 0.619. The summed E-state index contributed by atoms with van der Waals surface area (Å²) in [7, 11) is 0. The van der Waals surface area contributed by atoms with Crippen LogP contribution in [0.15, 0.2) is 54.6 Å². The number of carbonyl (C=O) groups excluding carboxylic acids is 1. The van der Waals surface area contributed by atoms with Gasteiger partial charge in [0.15, 0.2) is 0 Å². The molecular formula is C24H30N2O4. The van der Waals surface area contributed by atoms with E-state index in [1.54, 1.807) is 0 Å². The maximum atomic E-state index is 12.6. The topological polar surface area (TPSA) is 78.9 Å². The molecule has 6 heteroatoms. The molecule has 0 radical (unpaired) electrons. The Hall–Kier alpha value is -2.86. The number of anilines is 1. The van der Waals surface area contributed by atoms with Crippen molar-refractivity contribution in [1.82, 2.24) is 5.32 Å². The van der Waals surface area contributed by atoms with Gasteiger partial charge in [0, 0.05) is 18.3 Å². The zero-order valence-electron chi connectivity index (χ0n) is 17.4. The van der Waals surface area contributed by atoms with Gasteiger partial charge < -0.3 is 14.7 Å². The normalized spacial score (nSPS) is 17.0. The summed E-state index contributed by atoms with van der Waals surface area (Å²) < 4.78 is 5.31. The number of carboxylic acid groups (broad SMARTS) is 1. The Morgan fingerprint density at radius 2 is 1.90 bits per heavy atom. The molecule has 2 aromatic rings. The highest BCUT2D eigenvalue weighted by Crippen LogP contribution is 2.26. The molecule has 30 heavy (non-hydrogen) atoms. The van der Waals surface area contributed by atoms with Gasteiger partial charge in [0.1, 0.15) is 12.6 Å². The molecular weight excluding hydrogens is 380 g/mol. The maximum Gasteiger partial charge on any atom is 0.323 e. The molecule has 0 fully saturated rings. The zero-order valence-corrected chi connectivity index (χ0v) is 17.4. The first kappa shape index (κ1) is 21.8. The Kier molecular flexibility index (Phi) is 7.85. The Bertz CT molecular complexity index is 840. The average Bonchev–Trinajstić information content (AvgIpc) is 2.91. The molecule has 1 aliphatic rings. The van der Waals surface area contributed by atoms with Crippen LogP contribution in [0.1, 0.15) is 30.9 Å². The molecule has 6 nitrogen and oxygen atoms in total. The molecule has 2 aromatic carbocycles. The van der Waals surface area contributed by atoms with Gasteiger partial charge in [-0.15, -0.1) is 0 Å². The van der Waals surface area contributed by atoms with Crippen LogP contribution in [0.2, 0.25) is 0 Å². The smallest absolute Gasteiger partial charge is 0.323 e. The van der Waals surface area contributed by atoms with Gasteiger partial charge in [-0.2, -0.15) is 0 Å². The first-order valence-corrected chi connectivity index (χ1v) is 10.6. The molecule has 2 N–H and O–H groups in total. The molecule has 2 unspecified atom stereocenters. The van der Waals surface area contributed by atoms with Crippen molar-refractivity contribution in [2.45, 2.75) is 44.7 Å². The molecule has 0 amide bonds. The number of ether oxygens (including phenoxy) is 1. The van der Waals surface area contributed by atoms with Crippen LogP contribution >= 0.6 is 0 Å². The third kappa shape index (κ3) is 6.07. The Morgan fingerprint density at radius 3 is 2.63 bits per heavy atom. The first-order valence-electron chi connectivity index (χ1n) is 10.6. The first-order chi connectivity index (χ1) is 14.6. The lowest BCUT2D eigenvalue weighted by Crippen LogP contribution is -2.49. The summed E-state index contributed by atoms with van der Waals surface area (Å²) in [6, 6.07) is 17.6. The van der Waals surface area contributed by atoms with E-state index in [1.807, 2.05) is 54.3 Å². The Morgan fingerprint density at radius 1 is 1.17 bits per heavy atom. The van der Waals surface area contributed by atoms with E-state index in [1.165, 1.54) is 5.56 Å². The van der Waals surface area contributed by atoms with E-state index in [-0.39, 0.29) is 18.6 Å². The summed E-state index contributed by atoms with van der Waals surface area (Å²) in [5.74, 6) is -1.11. The fraction of sp³-hybridized carbons (Fsp3) is 0.417. The highest BCUT2D eigenvalue weighted by atomic mass is 16.5. The van der Waals surface area contributed by atoms with E-state index in [9.17, 15) is 14.7 Å². The molecule has 3 rings (SSSR count). The molecule has 0 saturated heterocycles. The Balaban J connectivity index is 1.72. The van der Waals surface area contributed by atoms with Gasteiger partial charge in [0.2, 0.25) is 0 Å². The van der Waals surface area contributed by atoms with Crippen molar-refractivity contribution in [1.29, 1.82) is 0 Å². The van der Waals surface area contributed by atoms with Crippen molar-refractivity contribution >= 4 is 17.6 Å². The van der Waals surface area contributed by atoms with Crippen LogP contribution in [0.5, 0.6) is 0 Å². The summed E-state index contributed by atoms with van der Waals surface area (Å²) >= 11 is 0. The predicted octanol–water partition coefficient (Wildman–Crippen LogP) is 3.05. The van der Waals surface area contributed by atoms with Crippen molar-refractivity contribution in [2.75, 3.05) is 24.6 Å². The van der Waals surface area contributed by atoms with Crippen LogP contribution in [-0.4, -0.2) is 48.8 Å². The number of carbonyl (C=O) groups is 2. The van der Waals surface area contributed by atoms with Gasteiger partial charge in [0.25, 0.3) is 0 Å². The van der Waals surface area contributed by atoms with Gasteiger partial charge in [-0.3, -0.25) is 14.9 Å². The van der Waals surface area contributed by atoms with Crippen molar-refractivity contribution < 1.29 is 19.4 Å². The molecule has 160 valence electrons. The Labute approximate surface area is 177 Å². The number of benzene rings is 2. The summed E-state index contributed by atoms with van der Waals surface area (Å²) in [6.07, 6.45) is 3.06. The summed E-state index contributed by atoms with van der Waals surface area (Å²) in [5, 5.41) is 12.9. The summed E-state index contributed by atoms with van der Waals surface area (Å²) in [5.41, 5.74) is 3.27. The van der Waals surface area contributed by atoms with E-state index in [0.29, 0.717) is 19.6 Å². The molecule has 0 saturated carbocycles. The largest absolute Gasteiger partial charge is 0.480 e. The number of hydrogen-bond donors (Lipinski definition) is 2. The lowest BCUT2D eigenvalue weighted by Gasteiger charge is -2.29. The fourth-order valence-corrected chi connectivity index (χ4v) is 4.02. The number of nitrogens with one attached hydrogen (secondary N) is 1. The van der Waals surface area contributed by atoms with Gasteiger partial charge in [-0.25, -0.2) is 0 Å². The van der Waals surface area contributed by atoms with E-state index >= 15 is 0 Å². The second-order valence-corrected chi connectivity index (χ2v) is 7.63. The van der Waals surface area contributed by atoms with Gasteiger partial charge in [-0.05, 0) is 49.8 Å². The fourth-order valence-electron chi connectivity index (χ4n) is 4.02. The SMILES string of the molecule is CCOC(=O)C(CCc1ccccc1)NC1CCc2ccccc2N(CC(=O)O)C1.